The maximum atomic E-state index is 5.48. The monoisotopic (exact) mass is 251 g/mol. The minimum Gasteiger partial charge on any atom is -0.478 e. The Morgan fingerprint density at radius 1 is 1.44 bits per heavy atom. The summed E-state index contributed by atoms with van der Waals surface area (Å²) in [4.78, 5) is 8.52. The van der Waals surface area contributed by atoms with E-state index in [1.807, 2.05) is 0 Å². The Labute approximate surface area is 108 Å². The van der Waals surface area contributed by atoms with Gasteiger partial charge in [0.1, 0.15) is 0 Å². The van der Waals surface area contributed by atoms with E-state index < -0.39 is 0 Å². The molecule has 0 saturated carbocycles. The van der Waals surface area contributed by atoms with E-state index in [1.54, 1.807) is 12.3 Å². The molecule has 5 nitrogen and oxygen atoms in total. The van der Waals surface area contributed by atoms with Crippen LogP contribution in [0.25, 0.3) is 0 Å². The largest absolute Gasteiger partial charge is 0.478 e. The van der Waals surface area contributed by atoms with E-state index in [0.717, 1.165) is 39.0 Å². The third kappa shape index (κ3) is 4.14. The first-order valence-corrected chi connectivity index (χ1v) is 6.66. The van der Waals surface area contributed by atoms with Crippen LogP contribution in [0.4, 0.5) is 5.95 Å². The van der Waals surface area contributed by atoms with E-state index in [-0.39, 0.29) is 0 Å². The normalized spacial score (nSPS) is 16.5. The number of anilines is 1. The molecule has 1 aromatic rings. The highest BCUT2D eigenvalue weighted by Crippen LogP contribution is 2.15. The van der Waals surface area contributed by atoms with Crippen LogP contribution in [0, 0.1) is 5.92 Å². The van der Waals surface area contributed by atoms with Crippen molar-refractivity contribution in [1.82, 2.24) is 9.97 Å². The summed E-state index contributed by atoms with van der Waals surface area (Å²) in [6, 6.07) is 1.79. The highest BCUT2D eigenvalue weighted by molar-refractivity contribution is 5.27. The van der Waals surface area contributed by atoms with E-state index in [9.17, 15) is 0 Å². The van der Waals surface area contributed by atoms with Gasteiger partial charge in [0.05, 0.1) is 6.61 Å². The summed E-state index contributed by atoms with van der Waals surface area (Å²) < 4.78 is 10.8. The van der Waals surface area contributed by atoms with Crippen molar-refractivity contribution < 1.29 is 9.47 Å². The van der Waals surface area contributed by atoms with Crippen LogP contribution >= 0.6 is 0 Å². The van der Waals surface area contributed by atoms with Gasteiger partial charge in [-0.25, -0.2) is 4.98 Å². The molecule has 1 N–H and O–H groups in total. The Balaban J connectivity index is 1.80. The van der Waals surface area contributed by atoms with Gasteiger partial charge in [-0.1, -0.05) is 6.92 Å². The lowest BCUT2D eigenvalue weighted by Crippen LogP contribution is -2.23. The molecule has 5 heteroatoms. The summed E-state index contributed by atoms with van der Waals surface area (Å²) in [5.74, 6) is 1.94. The molecule has 18 heavy (non-hydrogen) atoms. The molecule has 100 valence electrons. The van der Waals surface area contributed by atoms with Crippen LogP contribution in [0.15, 0.2) is 12.3 Å². The second-order valence-corrected chi connectivity index (χ2v) is 4.50. The van der Waals surface area contributed by atoms with Gasteiger partial charge in [-0.15, -0.1) is 0 Å². The maximum absolute atomic E-state index is 5.48. The SMILES string of the molecule is CCCOc1ccnc(NCC2CCOCC2)n1. The molecule has 0 unspecified atom stereocenters. The topological polar surface area (TPSA) is 56.3 Å². The quantitative estimate of drug-likeness (QED) is 0.839. The molecular formula is C13H21N3O2. The van der Waals surface area contributed by atoms with Crippen LogP contribution in [0.2, 0.25) is 0 Å². The first kappa shape index (κ1) is 13.1. The summed E-state index contributed by atoms with van der Waals surface area (Å²) in [7, 11) is 0. The van der Waals surface area contributed by atoms with Crippen molar-refractivity contribution in [2.45, 2.75) is 26.2 Å². The van der Waals surface area contributed by atoms with Gasteiger partial charge < -0.3 is 14.8 Å². The predicted molar refractivity (Wildman–Crippen MR) is 69.9 cm³/mol. The fraction of sp³-hybridized carbons (Fsp3) is 0.692. The number of hydrogen-bond acceptors (Lipinski definition) is 5. The summed E-state index contributed by atoms with van der Waals surface area (Å²) in [5.41, 5.74) is 0. The van der Waals surface area contributed by atoms with Crippen molar-refractivity contribution in [3.8, 4) is 5.88 Å². The fourth-order valence-corrected chi connectivity index (χ4v) is 1.90. The van der Waals surface area contributed by atoms with Crippen molar-refractivity contribution in [2.75, 3.05) is 31.7 Å². The van der Waals surface area contributed by atoms with Crippen molar-refractivity contribution in [3.63, 3.8) is 0 Å². The third-order valence-corrected chi connectivity index (χ3v) is 2.97. The van der Waals surface area contributed by atoms with E-state index >= 15 is 0 Å². The molecule has 1 aliphatic heterocycles. The van der Waals surface area contributed by atoms with Gasteiger partial charge in [0.15, 0.2) is 0 Å². The average Bonchev–Trinajstić information content (AvgIpc) is 2.44. The molecule has 0 radical (unpaired) electrons. The van der Waals surface area contributed by atoms with Crippen LogP contribution in [0.5, 0.6) is 5.88 Å². The molecule has 1 aromatic heterocycles. The molecule has 1 saturated heterocycles. The molecule has 0 spiro atoms. The van der Waals surface area contributed by atoms with Gasteiger partial charge in [-0.05, 0) is 25.2 Å². The van der Waals surface area contributed by atoms with Gasteiger partial charge >= 0.3 is 0 Å². The number of nitrogens with zero attached hydrogens (tertiary/aromatic N) is 2. The van der Waals surface area contributed by atoms with Crippen molar-refractivity contribution in [2.24, 2.45) is 5.92 Å². The van der Waals surface area contributed by atoms with Gasteiger partial charge in [0, 0.05) is 32.0 Å². The van der Waals surface area contributed by atoms with Crippen molar-refractivity contribution >= 4 is 5.95 Å². The standard InChI is InChI=1S/C13H21N3O2/c1-2-7-18-12-3-6-14-13(16-12)15-10-11-4-8-17-9-5-11/h3,6,11H,2,4-5,7-10H2,1H3,(H,14,15,16). The van der Waals surface area contributed by atoms with Gasteiger partial charge in [-0.2, -0.15) is 4.98 Å². The number of rotatable bonds is 6. The van der Waals surface area contributed by atoms with E-state index in [0.29, 0.717) is 24.4 Å². The summed E-state index contributed by atoms with van der Waals surface area (Å²) in [6.45, 7) is 5.40. The lowest BCUT2D eigenvalue weighted by Gasteiger charge is -2.22. The summed E-state index contributed by atoms with van der Waals surface area (Å²) in [6.07, 6.45) is 4.93. The molecule has 0 aromatic carbocycles. The zero-order valence-electron chi connectivity index (χ0n) is 10.9. The molecule has 0 aliphatic carbocycles. The van der Waals surface area contributed by atoms with Crippen molar-refractivity contribution in [3.05, 3.63) is 12.3 Å². The first-order chi connectivity index (χ1) is 8.88. The second-order valence-electron chi connectivity index (χ2n) is 4.50. The minimum absolute atomic E-state index is 0.640. The third-order valence-electron chi connectivity index (χ3n) is 2.97. The highest BCUT2D eigenvalue weighted by Gasteiger charge is 2.13. The van der Waals surface area contributed by atoms with Crippen LogP contribution in [-0.4, -0.2) is 36.3 Å². The predicted octanol–water partition coefficient (Wildman–Crippen LogP) is 2.10. The van der Waals surface area contributed by atoms with Crippen LogP contribution in [-0.2, 0) is 4.74 Å². The van der Waals surface area contributed by atoms with Crippen LogP contribution in [0.1, 0.15) is 26.2 Å². The number of aromatic nitrogens is 2. The van der Waals surface area contributed by atoms with Crippen LogP contribution in [0.3, 0.4) is 0 Å². The average molecular weight is 251 g/mol. The highest BCUT2D eigenvalue weighted by atomic mass is 16.5. The molecule has 1 aliphatic rings. The molecule has 0 bridgehead atoms. The fourth-order valence-electron chi connectivity index (χ4n) is 1.90. The lowest BCUT2D eigenvalue weighted by atomic mass is 10.0. The van der Waals surface area contributed by atoms with Crippen LogP contribution < -0.4 is 10.1 Å². The Kier molecular flexibility index (Phi) is 5.20. The van der Waals surface area contributed by atoms with Crippen molar-refractivity contribution in [1.29, 1.82) is 0 Å². The maximum Gasteiger partial charge on any atom is 0.225 e. The van der Waals surface area contributed by atoms with E-state index in [1.165, 1.54) is 0 Å². The second kappa shape index (κ2) is 7.16. The Morgan fingerprint density at radius 2 is 2.28 bits per heavy atom. The first-order valence-electron chi connectivity index (χ1n) is 6.66. The molecule has 1 fully saturated rings. The van der Waals surface area contributed by atoms with Gasteiger partial charge in [0.25, 0.3) is 0 Å². The van der Waals surface area contributed by atoms with Gasteiger partial charge in [-0.3, -0.25) is 0 Å². The molecule has 0 atom stereocenters. The number of ether oxygens (including phenoxy) is 2. The zero-order valence-corrected chi connectivity index (χ0v) is 10.9. The molecule has 0 amide bonds. The molecule has 2 heterocycles. The Bertz CT molecular complexity index is 354. The summed E-state index contributed by atoms with van der Waals surface area (Å²) in [5, 5.41) is 3.27. The van der Waals surface area contributed by atoms with E-state index in [4.69, 9.17) is 9.47 Å². The zero-order chi connectivity index (χ0) is 12.6. The lowest BCUT2D eigenvalue weighted by molar-refractivity contribution is 0.0699. The minimum atomic E-state index is 0.640. The van der Waals surface area contributed by atoms with E-state index in [2.05, 4.69) is 22.2 Å². The number of hydrogen-bond donors (Lipinski definition) is 1. The van der Waals surface area contributed by atoms with Gasteiger partial charge in [0.2, 0.25) is 11.8 Å². The summed E-state index contributed by atoms with van der Waals surface area (Å²) >= 11 is 0. The smallest absolute Gasteiger partial charge is 0.225 e. The molecular weight excluding hydrogens is 230 g/mol. The molecule has 2 rings (SSSR count). The Morgan fingerprint density at radius 3 is 3.06 bits per heavy atom. The number of nitrogens with one attached hydrogen (secondary N) is 1. The Hall–Kier alpha value is -1.36.